The van der Waals surface area contributed by atoms with Crippen molar-refractivity contribution in [2.45, 2.75) is 5.75 Å². The van der Waals surface area contributed by atoms with E-state index in [4.69, 9.17) is 4.74 Å². The van der Waals surface area contributed by atoms with E-state index in [2.05, 4.69) is 27.6 Å². The summed E-state index contributed by atoms with van der Waals surface area (Å²) >= 11 is 2.92. The fourth-order valence-corrected chi connectivity index (χ4v) is 3.67. The molecule has 0 bridgehead atoms. The number of aromatic nitrogens is 2. The summed E-state index contributed by atoms with van der Waals surface area (Å²) in [6, 6.07) is 17.7. The molecule has 25 heavy (non-hydrogen) atoms. The fourth-order valence-electron chi connectivity index (χ4n) is 2.12. The van der Waals surface area contributed by atoms with Gasteiger partial charge in [0.1, 0.15) is 10.8 Å². The van der Waals surface area contributed by atoms with E-state index in [0.29, 0.717) is 10.9 Å². The van der Waals surface area contributed by atoms with Crippen molar-refractivity contribution in [1.82, 2.24) is 10.2 Å². The second kappa shape index (κ2) is 8.64. The normalized spacial score (nSPS) is 10.4. The van der Waals surface area contributed by atoms with Crippen LogP contribution >= 0.6 is 23.1 Å². The Balaban J connectivity index is 1.51. The number of hydrogen-bond acceptors (Lipinski definition) is 6. The number of anilines is 1. The number of hydrogen-bond donors (Lipinski definition) is 1. The predicted molar refractivity (Wildman–Crippen MR) is 103 cm³/mol. The molecule has 7 heteroatoms. The summed E-state index contributed by atoms with van der Waals surface area (Å²) in [5.41, 5.74) is 2.15. The molecule has 0 fully saturated rings. The maximum atomic E-state index is 12.0. The van der Waals surface area contributed by atoms with Crippen LogP contribution in [-0.2, 0) is 10.5 Å². The molecule has 0 saturated carbocycles. The van der Waals surface area contributed by atoms with Crippen molar-refractivity contribution in [2.75, 3.05) is 18.2 Å². The van der Waals surface area contributed by atoms with Crippen LogP contribution in [0.15, 0.2) is 54.6 Å². The largest absolute Gasteiger partial charge is 0.497 e. The number of thioether (sulfide) groups is 1. The van der Waals surface area contributed by atoms with Gasteiger partial charge in [0.25, 0.3) is 0 Å². The van der Waals surface area contributed by atoms with Gasteiger partial charge < -0.3 is 4.74 Å². The number of nitrogens with one attached hydrogen (secondary N) is 1. The number of rotatable bonds is 7. The van der Waals surface area contributed by atoms with Gasteiger partial charge in [-0.15, -0.1) is 22.0 Å². The Morgan fingerprint density at radius 3 is 2.60 bits per heavy atom. The number of amides is 1. The van der Waals surface area contributed by atoms with Crippen LogP contribution in [0.1, 0.15) is 5.56 Å². The smallest absolute Gasteiger partial charge is 0.236 e. The highest BCUT2D eigenvalue weighted by molar-refractivity contribution is 7.99. The highest BCUT2D eigenvalue weighted by Gasteiger charge is 2.10. The van der Waals surface area contributed by atoms with E-state index in [0.717, 1.165) is 22.1 Å². The van der Waals surface area contributed by atoms with Crippen molar-refractivity contribution in [3.05, 3.63) is 60.2 Å². The Kier molecular flexibility index (Phi) is 6.03. The van der Waals surface area contributed by atoms with Crippen LogP contribution in [0.3, 0.4) is 0 Å². The Hall–Kier alpha value is -2.38. The molecule has 1 amide bonds. The summed E-state index contributed by atoms with van der Waals surface area (Å²) < 4.78 is 5.14. The minimum atomic E-state index is -0.0710. The van der Waals surface area contributed by atoms with Crippen LogP contribution < -0.4 is 10.1 Å². The quantitative estimate of drug-likeness (QED) is 0.678. The van der Waals surface area contributed by atoms with Gasteiger partial charge in [-0.05, 0) is 29.8 Å². The molecule has 3 rings (SSSR count). The summed E-state index contributed by atoms with van der Waals surface area (Å²) in [4.78, 5) is 12.0. The van der Waals surface area contributed by atoms with Gasteiger partial charge in [0, 0.05) is 11.3 Å². The van der Waals surface area contributed by atoms with E-state index in [1.54, 1.807) is 18.9 Å². The molecule has 1 N–H and O–H groups in total. The average molecular weight is 371 g/mol. The molecule has 0 aliphatic heterocycles. The molecule has 1 heterocycles. The van der Waals surface area contributed by atoms with Gasteiger partial charge in [0.2, 0.25) is 11.0 Å². The summed E-state index contributed by atoms with van der Waals surface area (Å²) in [7, 11) is 1.63. The SMILES string of the molecule is COc1ccc(-c2nnc(NC(=O)CSCc3ccccc3)s2)cc1. The van der Waals surface area contributed by atoms with Crippen LogP contribution in [0, 0.1) is 0 Å². The second-order valence-corrected chi connectivity index (χ2v) is 7.13. The van der Waals surface area contributed by atoms with Crippen LogP contribution in [0.2, 0.25) is 0 Å². The highest BCUT2D eigenvalue weighted by atomic mass is 32.2. The van der Waals surface area contributed by atoms with Crippen molar-refractivity contribution >= 4 is 34.1 Å². The van der Waals surface area contributed by atoms with Gasteiger partial charge in [0.05, 0.1) is 12.9 Å². The lowest BCUT2D eigenvalue weighted by Gasteiger charge is -2.02. The van der Waals surface area contributed by atoms with E-state index < -0.39 is 0 Å². The predicted octanol–water partition coefficient (Wildman–Crippen LogP) is 4.09. The van der Waals surface area contributed by atoms with E-state index in [-0.39, 0.29) is 5.91 Å². The van der Waals surface area contributed by atoms with Gasteiger partial charge in [-0.1, -0.05) is 41.7 Å². The van der Waals surface area contributed by atoms with Gasteiger partial charge in [0.15, 0.2) is 0 Å². The molecule has 0 saturated heterocycles. The van der Waals surface area contributed by atoms with Crippen molar-refractivity contribution < 1.29 is 9.53 Å². The molecule has 2 aromatic carbocycles. The van der Waals surface area contributed by atoms with Crippen molar-refractivity contribution in [1.29, 1.82) is 0 Å². The molecular formula is C18H17N3O2S2. The minimum Gasteiger partial charge on any atom is -0.497 e. The third-order valence-corrected chi connectivity index (χ3v) is 5.24. The first-order chi connectivity index (χ1) is 12.2. The monoisotopic (exact) mass is 371 g/mol. The Labute approximate surface area is 154 Å². The summed E-state index contributed by atoms with van der Waals surface area (Å²) in [6.45, 7) is 0. The van der Waals surface area contributed by atoms with E-state index in [1.165, 1.54) is 16.9 Å². The van der Waals surface area contributed by atoms with Gasteiger partial charge in [-0.2, -0.15) is 0 Å². The number of carbonyl (C=O) groups is 1. The molecule has 1 aromatic heterocycles. The zero-order valence-corrected chi connectivity index (χ0v) is 15.3. The number of methoxy groups -OCH3 is 1. The van der Waals surface area contributed by atoms with Gasteiger partial charge in [-0.3, -0.25) is 10.1 Å². The summed E-state index contributed by atoms with van der Waals surface area (Å²) in [6.07, 6.45) is 0. The molecule has 3 aromatic rings. The first-order valence-electron chi connectivity index (χ1n) is 7.64. The second-order valence-electron chi connectivity index (χ2n) is 5.17. The highest BCUT2D eigenvalue weighted by Crippen LogP contribution is 2.27. The number of nitrogens with zero attached hydrogens (tertiary/aromatic N) is 2. The summed E-state index contributed by atoms with van der Waals surface area (Å²) in [5.74, 6) is 1.91. The first-order valence-corrected chi connectivity index (χ1v) is 9.61. The summed E-state index contributed by atoms with van der Waals surface area (Å²) in [5, 5.41) is 12.2. The maximum absolute atomic E-state index is 12.0. The van der Waals surface area contributed by atoms with Gasteiger partial charge in [-0.25, -0.2) is 0 Å². The molecule has 0 atom stereocenters. The fraction of sp³-hybridized carbons (Fsp3) is 0.167. The minimum absolute atomic E-state index is 0.0710. The van der Waals surface area contributed by atoms with Crippen molar-refractivity contribution in [2.24, 2.45) is 0 Å². The standard InChI is InChI=1S/C18H17N3O2S2/c1-23-15-9-7-14(8-10-15)17-20-21-18(25-17)19-16(22)12-24-11-13-5-3-2-4-6-13/h2-10H,11-12H2,1H3,(H,19,21,22). The zero-order chi connectivity index (χ0) is 17.5. The molecule has 128 valence electrons. The molecule has 0 aliphatic rings. The van der Waals surface area contributed by atoms with Crippen LogP contribution in [0.25, 0.3) is 10.6 Å². The van der Waals surface area contributed by atoms with Crippen molar-refractivity contribution in [3.63, 3.8) is 0 Å². The first kappa shape index (κ1) is 17.4. The van der Waals surface area contributed by atoms with Crippen LogP contribution in [0.4, 0.5) is 5.13 Å². The molecule has 0 aliphatic carbocycles. The molecule has 0 spiro atoms. The number of benzene rings is 2. The molecule has 5 nitrogen and oxygen atoms in total. The van der Waals surface area contributed by atoms with E-state index in [9.17, 15) is 4.79 Å². The Bertz CT molecular complexity index is 820. The number of carbonyl (C=O) groups excluding carboxylic acids is 1. The molecule has 0 radical (unpaired) electrons. The Morgan fingerprint density at radius 1 is 1.12 bits per heavy atom. The van der Waals surface area contributed by atoms with Crippen LogP contribution in [-0.4, -0.2) is 29.0 Å². The van der Waals surface area contributed by atoms with E-state index >= 15 is 0 Å². The zero-order valence-electron chi connectivity index (χ0n) is 13.6. The van der Waals surface area contributed by atoms with E-state index in [1.807, 2.05) is 42.5 Å². The topological polar surface area (TPSA) is 64.1 Å². The van der Waals surface area contributed by atoms with Crippen LogP contribution in [0.5, 0.6) is 5.75 Å². The lowest BCUT2D eigenvalue weighted by molar-refractivity contribution is -0.113. The third-order valence-electron chi connectivity index (χ3n) is 3.35. The molecular weight excluding hydrogens is 354 g/mol. The Morgan fingerprint density at radius 2 is 1.88 bits per heavy atom. The third kappa shape index (κ3) is 5.04. The number of ether oxygens (including phenoxy) is 1. The van der Waals surface area contributed by atoms with Gasteiger partial charge >= 0.3 is 0 Å². The lowest BCUT2D eigenvalue weighted by Crippen LogP contribution is -2.13. The lowest BCUT2D eigenvalue weighted by atomic mass is 10.2. The molecule has 0 unspecified atom stereocenters. The van der Waals surface area contributed by atoms with Crippen molar-refractivity contribution in [3.8, 4) is 16.3 Å². The average Bonchev–Trinajstić information content (AvgIpc) is 3.11. The maximum Gasteiger partial charge on any atom is 0.236 e.